The summed E-state index contributed by atoms with van der Waals surface area (Å²) < 4.78 is 0.826. The maximum atomic E-state index is 10.9. The van der Waals surface area contributed by atoms with E-state index in [2.05, 4.69) is 26.5 Å². The van der Waals surface area contributed by atoms with E-state index in [1.54, 1.807) is 12.1 Å². The van der Waals surface area contributed by atoms with E-state index in [4.69, 9.17) is 0 Å². The van der Waals surface area contributed by atoms with Gasteiger partial charge in [0.1, 0.15) is 5.69 Å². The van der Waals surface area contributed by atoms with Crippen LogP contribution in [0.25, 0.3) is 0 Å². The van der Waals surface area contributed by atoms with E-state index < -0.39 is 0 Å². The number of quaternary nitrogens is 1. The maximum absolute atomic E-state index is 10.9. The number of benzene rings is 1. The molecular formula is C12H20N3O2+. The summed E-state index contributed by atoms with van der Waals surface area (Å²) in [5.41, 5.74) is 1.75. The van der Waals surface area contributed by atoms with Gasteiger partial charge in [-0.3, -0.25) is 10.1 Å². The van der Waals surface area contributed by atoms with Crippen LogP contribution in [0.15, 0.2) is 18.2 Å². The van der Waals surface area contributed by atoms with Crippen LogP contribution in [0.2, 0.25) is 0 Å². The first-order chi connectivity index (χ1) is 7.79. The molecule has 0 saturated heterocycles. The summed E-state index contributed by atoms with van der Waals surface area (Å²) >= 11 is 0. The molecule has 0 saturated carbocycles. The first kappa shape index (κ1) is 13.4. The summed E-state index contributed by atoms with van der Waals surface area (Å²) in [4.78, 5) is 10.5. The van der Waals surface area contributed by atoms with Gasteiger partial charge in [-0.25, -0.2) is 0 Å². The van der Waals surface area contributed by atoms with Gasteiger partial charge in [0.25, 0.3) is 5.69 Å². The van der Waals surface area contributed by atoms with Crippen molar-refractivity contribution in [3.63, 3.8) is 0 Å². The second kappa shape index (κ2) is 5.14. The molecule has 1 aromatic rings. The molecule has 0 spiro atoms. The van der Waals surface area contributed by atoms with Crippen LogP contribution < -0.4 is 5.32 Å². The van der Waals surface area contributed by atoms with Gasteiger partial charge in [0, 0.05) is 6.07 Å². The number of nitro benzene ring substituents is 1. The summed E-state index contributed by atoms with van der Waals surface area (Å²) in [7, 11) is 6.27. The Balaban J connectivity index is 2.75. The normalized spacial score (nSPS) is 11.3. The lowest BCUT2D eigenvalue weighted by atomic mass is 10.2. The van der Waals surface area contributed by atoms with E-state index in [1.807, 2.05) is 13.0 Å². The van der Waals surface area contributed by atoms with Crippen molar-refractivity contribution in [2.24, 2.45) is 0 Å². The molecule has 0 aliphatic rings. The Bertz CT molecular complexity index is 411. The van der Waals surface area contributed by atoms with Crippen LogP contribution in [-0.2, 0) is 0 Å². The zero-order chi connectivity index (χ0) is 13.1. The average Bonchev–Trinajstić information content (AvgIpc) is 2.15. The van der Waals surface area contributed by atoms with Crippen molar-refractivity contribution in [3.05, 3.63) is 33.9 Å². The first-order valence-electron chi connectivity index (χ1n) is 5.59. The standard InChI is InChI=1S/C12H20N3O2/c1-10-5-6-12(14(16)17)11(9-10)13-7-8-15(2,3)4/h5-6,9,13H,7-8H2,1-4H3/q+1. The lowest BCUT2D eigenvalue weighted by Crippen LogP contribution is -2.38. The zero-order valence-corrected chi connectivity index (χ0v) is 10.9. The van der Waals surface area contributed by atoms with Gasteiger partial charge in [-0.2, -0.15) is 0 Å². The Morgan fingerprint density at radius 1 is 1.35 bits per heavy atom. The minimum absolute atomic E-state index is 0.136. The lowest BCUT2D eigenvalue weighted by Gasteiger charge is -2.24. The molecule has 0 amide bonds. The number of aryl methyl sites for hydroxylation is 1. The molecule has 17 heavy (non-hydrogen) atoms. The second-order valence-electron chi connectivity index (χ2n) is 5.22. The van der Waals surface area contributed by atoms with Crippen LogP contribution in [0, 0.1) is 17.0 Å². The third kappa shape index (κ3) is 4.40. The van der Waals surface area contributed by atoms with E-state index >= 15 is 0 Å². The molecule has 0 unspecified atom stereocenters. The van der Waals surface area contributed by atoms with Gasteiger partial charge in [-0.15, -0.1) is 0 Å². The lowest BCUT2D eigenvalue weighted by molar-refractivity contribution is -0.868. The van der Waals surface area contributed by atoms with Gasteiger partial charge in [0.05, 0.1) is 39.2 Å². The van der Waals surface area contributed by atoms with Gasteiger partial charge in [0.2, 0.25) is 0 Å². The molecule has 5 heteroatoms. The molecule has 0 fully saturated rings. The van der Waals surface area contributed by atoms with Gasteiger partial charge < -0.3 is 9.80 Å². The van der Waals surface area contributed by atoms with Crippen molar-refractivity contribution < 1.29 is 9.41 Å². The van der Waals surface area contributed by atoms with Crippen molar-refractivity contribution in [3.8, 4) is 0 Å². The smallest absolute Gasteiger partial charge is 0.292 e. The number of rotatable bonds is 5. The monoisotopic (exact) mass is 238 g/mol. The highest BCUT2D eigenvalue weighted by molar-refractivity contribution is 5.62. The molecule has 0 atom stereocenters. The largest absolute Gasteiger partial charge is 0.374 e. The molecule has 1 rings (SSSR count). The molecule has 1 aromatic carbocycles. The molecule has 0 heterocycles. The Labute approximate surface area is 102 Å². The van der Waals surface area contributed by atoms with Gasteiger partial charge in [-0.05, 0) is 18.6 Å². The number of anilines is 1. The number of likely N-dealkylation sites (N-methyl/N-ethyl adjacent to an activating group) is 1. The number of nitrogens with one attached hydrogen (secondary N) is 1. The quantitative estimate of drug-likeness (QED) is 0.485. The molecule has 0 aliphatic heterocycles. The van der Waals surface area contributed by atoms with Crippen molar-refractivity contribution >= 4 is 11.4 Å². The second-order valence-corrected chi connectivity index (χ2v) is 5.22. The number of hydrogen-bond donors (Lipinski definition) is 1. The topological polar surface area (TPSA) is 55.2 Å². The van der Waals surface area contributed by atoms with E-state index in [0.717, 1.165) is 16.6 Å². The van der Waals surface area contributed by atoms with Gasteiger partial charge >= 0.3 is 0 Å². The molecule has 5 nitrogen and oxygen atoms in total. The predicted molar refractivity (Wildman–Crippen MR) is 69.2 cm³/mol. The fourth-order valence-electron chi connectivity index (χ4n) is 1.48. The van der Waals surface area contributed by atoms with Crippen LogP contribution in [0.4, 0.5) is 11.4 Å². The van der Waals surface area contributed by atoms with Gasteiger partial charge in [0.15, 0.2) is 0 Å². The summed E-state index contributed by atoms with van der Waals surface area (Å²) in [6, 6.07) is 5.11. The highest BCUT2D eigenvalue weighted by Crippen LogP contribution is 2.24. The highest BCUT2D eigenvalue weighted by atomic mass is 16.6. The molecule has 94 valence electrons. The summed E-state index contributed by atoms with van der Waals surface area (Å²) in [6.45, 7) is 3.55. The van der Waals surface area contributed by atoms with E-state index in [1.165, 1.54) is 0 Å². The van der Waals surface area contributed by atoms with E-state index in [0.29, 0.717) is 12.2 Å². The minimum atomic E-state index is -0.353. The van der Waals surface area contributed by atoms with E-state index in [9.17, 15) is 10.1 Å². The molecule has 1 N–H and O–H groups in total. The molecule has 0 radical (unpaired) electrons. The fourth-order valence-corrected chi connectivity index (χ4v) is 1.48. The Morgan fingerprint density at radius 2 is 2.00 bits per heavy atom. The third-order valence-corrected chi connectivity index (χ3v) is 2.45. The molecule has 0 aliphatic carbocycles. The Hall–Kier alpha value is -1.62. The van der Waals surface area contributed by atoms with Crippen molar-refractivity contribution in [2.75, 3.05) is 39.5 Å². The maximum Gasteiger partial charge on any atom is 0.292 e. The van der Waals surface area contributed by atoms with Gasteiger partial charge in [-0.1, -0.05) is 6.07 Å². The van der Waals surface area contributed by atoms with Crippen LogP contribution in [0.5, 0.6) is 0 Å². The van der Waals surface area contributed by atoms with Crippen molar-refractivity contribution in [2.45, 2.75) is 6.92 Å². The molecular weight excluding hydrogens is 218 g/mol. The first-order valence-corrected chi connectivity index (χ1v) is 5.59. The predicted octanol–water partition coefficient (Wildman–Crippen LogP) is 2.02. The van der Waals surface area contributed by atoms with E-state index in [-0.39, 0.29) is 10.6 Å². The van der Waals surface area contributed by atoms with Crippen molar-refractivity contribution in [1.82, 2.24) is 0 Å². The fraction of sp³-hybridized carbons (Fsp3) is 0.500. The molecule has 0 bridgehead atoms. The van der Waals surface area contributed by atoms with Crippen LogP contribution in [0.3, 0.4) is 0 Å². The Kier molecular flexibility index (Phi) is 4.07. The minimum Gasteiger partial charge on any atom is -0.374 e. The number of hydrogen-bond acceptors (Lipinski definition) is 3. The third-order valence-electron chi connectivity index (χ3n) is 2.45. The highest BCUT2D eigenvalue weighted by Gasteiger charge is 2.14. The van der Waals surface area contributed by atoms with Crippen LogP contribution >= 0.6 is 0 Å². The zero-order valence-electron chi connectivity index (χ0n) is 10.9. The number of nitrogens with zero attached hydrogens (tertiary/aromatic N) is 2. The average molecular weight is 238 g/mol. The van der Waals surface area contributed by atoms with Crippen LogP contribution in [0.1, 0.15) is 5.56 Å². The summed E-state index contributed by atoms with van der Waals surface area (Å²) in [6.07, 6.45) is 0. The van der Waals surface area contributed by atoms with Crippen LogP contribution in [-0.4, -0.2) is 43.6 Å². The summed E-state index contributed by atoms with van der Waals surface area (Å²) in [5, 5.41) is 14.0. The SMILES string of the molecule is Cc1ccc([N+](=O)[O-])c(NCC[N+](C)(C)C)c1. The molecule has 0 aromatic heterocycles. The van der Waals surface area contributed by atoms with Crippen molar-refractivity contribution in [1.29, 1.82) is 0 Å². The summed E-state index contributed by atoms with van der Waals surface area (Å²) in [5.74, 6) is 0. The number of nitro groups is 1. The Morgan fingerprint density at radius 3 is 2.53 bits per heavy atom.